The number of carbonyl (C=O) groups excluding carboxylic acids is 2. The van der Waals surface area contributed by atoms with Crippen molar-refractivity contribution in [3.63, 3.8) is 0 Å². The van der Waals surface area contributed by atoms with Gasteiger partial charge in [-0.3, -0.25) is 19.7 Å². The Balaban J connectivity index is 2.27. The van der Waals surface area contributed by atoms with Crippen LogP contribution in [-0.4, -0.2) is 45.3 Å². The minimum atomic E-state index is -1.22. The maximum Gasteiger partial charge on any atom is 0.331 e. The third kappa shape index (κ3) is 4.02. The third-order valence-electron chi connectivity index (χ3n) is 2.89. The Labute approximate surface area is 140 Å². The van der Waals surface area contributed by atoms with Crippen LogP contribution < -0.4 is 0 Å². The summed E-state index contributed by atoms with van der Waals surface area (Å²) in [6, 6.07) is 4.14. The number of nitrogens with zero attached hydrogens (tertiary/aromatic N) is 2. The molecule has 0 radical (unpaired) electrons. The van der Waals surface area contributed by atoms with Gasteiger partial charge in [0.1, 0.15) is 0 Å². The van der Waals surface area contributed by atoms with Crippen molar-refractivity contribution in [2.75, 3.05) is 13.2 Å². The second-order valence-electron chi connectivity index (χ2n) is 4.50. The van der Waals surface area contributed by atoms with Gasteiger partial charge in [-0.25, -0.2) is 4.98 Å². The Morgan fingerprint density at radius 3 is 2.46 bits per heavy atom. The van der Waals surface area contributed by atoms with Crippen LogP contribution in [0.2, 0.25) is 0 Å². The summed E-state index contributed by atoms with van der Waals surface area (Å²) < 4.78 is 9.75. The van der Waals surface area contributed by atoms with Crippen LogP contribution in [0.3, 0.4) is 0 Å². The van der Waals surface area contributed by atoms with Crippen LogP contribution in [0, 0.1) is 10.1 Å². The molecule has 1 aromatic carbocycles. The SMILES string of the molecule is CCOC(=O)C(Sc1nc2ccc([N+](=O)[O-])cc2[nH]1)C(=O)OCC. The van der Waals surface area contributed by atoms with E-state index < -0.39 is 22.1 Å². The second-order valence-corrected chi connectivity index (χ2v) is 5.60. The molecule has 0 aliphatic heterocycles. The van der Waals surface area contributed by atoms with Crippen molar-refractivity contribution in [3.8, 4) is 0 Å². The average molecular weight is 353 g/mol. The minimum absolute atomic E-state index is 0.0879. The summed E-state index contributed by atoms with van der Waals surface area (Å²) in [5.41, 5.74) is 0.822. The number of non-ortho nitro benzene ring substituents is 1. The smallest absolute Gasteiger partial charge is 0.331 e. The fourth-order valence-electron chi connectivity index (χ4n) is 1.88. The molecule has 2 rings (SSSR count). The summed E-state index contributed by atoms with van der Waals surface area (Å²) in [5, 5.41) is 9.83. The van der Waals surface area contributed by atoms with Crippen molar-refractivity contribution in [2.24, 2.45) is 0 Å². The number of aromatic nitrogens is 2. The standard InChI is InChI=1S/C14H15N3O6S/c1-3-22-12(18)11(13(19)23-4-2)24-14-15-9-6-5-8(17(20)21)7-10(9)16-14/h5-7,11H,3-4H2,1-2H3,(H,15,16). The molecule has 1 aromatic heterocycles. The second kappa shape index (κ2) is 7.77. The van der Waals surface area contributed by atoms with E-state index in [-0.39, 0.29) is 24.1 Å². The van der Waals surface area contributed by atoms with E-state index in [1.54, 1.807) is 13.8 Å². The molecule has 0 unspecified atom stereocenters. The van der Waals surface area contributed by atoms with Gasteiger partial charge < -0.3 is 14.5 Å². The van der Waals surface area contributed by atoms with Crippen molar-refractivity contribution in [3.05, 3.63) is 28.3 Å². The van der Waals surface area contributed by atoms with Gasteiger partial charge in [0.25, 0.3) is 5.69 Å². The van der Waals surface area contributed by atoms with Crippen molar-refractivity contribution in [1.82, 2.24) is 9.97 Å². The van der Waals surface area contributed by atoms with Crippen molar-refractivity contribution >= 4 is 40.4 Å². The number of benzene rings is 1. The maximum absolute atomic E-state index is 11.9. The van der Waals surface area contributed by atoms with Crippen LogP contribution in [-0.2, 0) is 19.1 Å². The Morgan fingerprint density at radius 1 is 1.29 bits per heavy atom. The van der Waals surface area contributed by atoms with Gasteiger partial charge in [-0.1, -0.05) is 11.8 Å². The first-order valence-electron chi connectivity index (χ1n) is 7.10. The Hall–Kier alpha value is -2.62. The monoisotopic (exact) mass is 353 g/mol. The van der Waals surface area contributed by atoms with E-state index in [2.05, 4.69) is 9.97 Å². The van der Waals surface area contributed by atoms with Crippen LogP contribution in [0.15, 0.2) is 23.4 Å². The molecule has 0 aliphatic carbocycles. The largest absolute Gasteiger partial charge is 0.465 e. The minimum Gasteiger partial charge on any atom is -0.465 e. The van der Waals surface area contributed by atoms with Crippen LogP contribution >= 0.6 is 11.8 Å². The highest BCUT2D eigenvalue weighted by molar-refractivity contribution is 8.01. The lowest BCUT2D eigenvalue weighted by atomic mass is 10.3. The van der Waals surface area contributed by atoms with Gasteiger partial charge in [0.15, 0.2) is 5.16 Å². The van der Waals surface area contributed by atoms with Crippen LogP contribution in [0.5, 0.6) is 0 Å². The molecule has 9 nitrogen and oxygen atoms in total. The van der Waals surface area contributed by atoms with Gasteiger partial charge in [0.2, 0.25) is 5.25 Å². The fourth-order valence-corrected chi connectivity index (χ4v) is 2.76. The fraction of sp³-hybridized carbons (Fsp3) is 0.357. The number of fused-ring (bicyclic) bond motifs is 1. The first-order valence-corrected chi connectivity index (χ1v) is 7.98. The van der Waals surface area contributed by atoms with E-state index in [0.717, 1.165) is 11.8 Å². The predicted octanol–water partition coefficient (Wildman–Crippen LogP) is 2.06. The molecule has 0 amide bonds. The molecule has 10 heteroatoms. The number of rotatable bonds is 7. The maximum atomic E-state index is 11.9. The quantitative estimate of drug-likeness (QED) is 0.264. The molecule has 24 heavy (non-hydrogen) atoms. The number of nitro groups is 1. The van der Waals surface area contributed by atoms with Gasteiger partial charge in [-0.15, -0.1) is 0 Å². The number of H-pyrrole nitrogens is 1. The van der Waals surface area contributed by atoms with E-state index >= 15 is 0 Å². The summed E-state index contributed by atoms with van der Waals surface area (Å²) >= 11 is 0.839. The number of hydrogen-bond donors (Lipinski definition) is 1. The molecule has 0 saturated carbocycles. The summed E-state index contributed by atoms with van der Waals surface area (Å²) in [6.45, 7) is 3.51. The summed E-state index contributed by atoms with van der Waals surface area (Å²) in [4.78, 5) is 41.2. The molecule has 0 spiro atoms. The Bertz CT molecular complexity index is 757. The third-order valence-corrected chi connectivity index (χ3v) is 3.92. The summed E-state index contributed by atoms with van der Waals surface area (Å²) in [7, 11) is 0. The molecule has 0 atom stereocenters. The normalized spacial score (nSPS) is 10.8. The molecule has 0 fully saturated rings. The summed E-state index contributed by atoms with van der Waals surface area (Å²) in [6.07, 6.45) is 0. The molecule has 128 valence electrons. The zero-order valence-electron chi connectivity index (χ0n) is 13.0. The number of aromatic amines is 1. The number of nitro benzene ring substituents is 1. The highest BCUT2D eigenvalue weighted by atomic mass is 32.2. The van der Waals surface area contributed by atoms with E-state index in [0.29, 0.717) is 11.0 Å². The lowest BCUT2D eigenvalue weighted by Crippen LogP contribution is -2.31. The zero-order valence-corrected chi connectivity index (χ0v) is 13.8. The van der Waals surface area contributed by atoms with E-state index in [1.807, 2.05) is 0 Å². The first-order chi connectivity index (χ1) is 11.5. The lowest BCUT2D eigenvalue weighted by molar-refractivity contribution is -0.384. The van der Waals surface area contributed by atoms with E-state index in [9.17, 15) is 19.7 Å². The number of esters is 2. The van der Waals surface area contributed by atoms with Crippen LogP contribution in [0.25, 0.3) is 11.0 Å². The molecular weight excluding hydrogens is 338 g/mol. The van der Waals surface area contributed by atoms with Crippen molar-refractivity contribution in [1.29, 1.82) is 0 Å². The molecule has 2 aromatic rings. The number of carbonyl (C=O) groups is 2. The molecule has 1 N–H and O–H groups in total. The molecular formula is C14H15N3O6S. The van der Waals surface area contributed by atoms with Gasteiger partial charge in [-0.05, 0) is 19.9 Å². The summed E-state index contributed by atoms with van der Waals surface area (Å²) in [5.74, 6) is -1.46. The average Bonchev–Trinajstić information content (AvgIpc) is 2.94. The number of thioether (sulfide) groups is 1. The van der Waals surface area contributed by atoms with Crippen molar-refractivity contribution in [2.45, 2.75) is 24.3 Å². The number of hydrogen-bond acceptors (Lipinski definition) is 8. The van der Waals surface area contributed by atoms with E-state index in [1.165, 1.54) is 18.2 Å². The molecule has 0 bridgehead atoms. The zero-order chi connectivity index (χ0) is 17.7. The molecule has 0 aliphatic rings. The molecule has 0 saturated heterocycles. The molecule has 1 heterocycles. The Kier molecular flexibility index (Phi) is 5.74. The Morgan fingerprint density at radius 2 is 1.92 bits per heavy atom. The van der Waals surface area contributed by atoms with Gasteiger partial charge in [-0.2, -0.15) is 0 Å². The van der Waals surface area contributed by atoms with Gasteiger partial charge in [0, 0.05) is 12.1 Å². The number of ether oxygens (including phenoxy) is 2. The lowest BCUT2D eigenvalue weighted by Gasteiger charge is -2.12. The predicted molar refractivity (Wildman–Crippen MR) is 85.7 cm³/mol. The van der Waals surface area contributed by atoms with Crippen LogP contribution in [0.4, 0.5) is 5.69 Å². The number of nitrogens with one attached hydrogen (secondary N) is 1. The van der Waals surface area contributed by atoms with Crippen LogP contribution in [0.1, 0.15) is 13.8 Å². The topological polar surface area (TPSA) is 124 Å². The van der Waals surface area contributed by atoms with Gasteiger partial charge in [0.05, 0.1) is 29.2 Å². The highest BCUT2D eigenvalue weighted by Crippen LogP contribution is 2.27. The number of imidazole rings is 1. The first kappa shape index (κ1) is 17.7. The van der Waals surface area contributed by atoms with E-state index in [4.69, 9.17) is 9.47 Å². The van der Waals surface area contributed by atoms with Gasteiger partial charge >= 0.3 is 11.9 Å². The highest BCUT2D eigenvalue weighted by Gasteiger charge is 2.32. The van der Waals surface area contributed by atoms with Crippen molar-refractivity contribution < 1.29 is 24.0 Å².